The van der Waals surface area contributed by atoms with Gasteiger partial charge in [0.05, 0.1) is 10.6 Å². The van der Waals surface area contributed by atoms with Crippen LogP contribution in [0.1, 0.15) is 0 Å². The number of carbonyl (C=O) groups is 1. The van der Waals surface area contributed by atoms with Crippen molar-refractivity contribution >= 4 is 37.5 Å². The number of hydrogen-bond donors (Lipinski definition) is 1. The van der Waals surface area contributed by atoms with E-state index in [2.05, 4.69) is 21.2 Å². The third-order valence-corrected chi connectivity index (χ3v) is 5.88. The van der Waals surface area contributed by atoms with Crippen LogP contribution in [-0.4, -0.2) is 53.0 Å². The number of likely N-dealkylation sites (N-methyl/N-ethyl adjacent to an activating group) is 1. The Balaban J connectivity index is 2.30. The predicted octanol–water partition coefficient (Wildman–Crippen LogP) is 2.32. The molecule has 26 heavy (non-hydrogen) atoms. The van der Waals surface area contributed by atoms with Gasteiger partial charge in [0.1, 0.15) is 6.54 Å². The molecule has 0 unspecified atom stereocenters. The van der Waals surface area contributed by atoms with Crippen molar-refractivity contribution in [1.29, 1.82) is 0 Å². The van der Waals surface area contributed by atoms with Gasteiger partial charge in [0, 0.05) is 17.6 Å². The van der Waals surface area contributed by atoms with Crippen LogP contribution >= 0.6 is 15.9 Å². The SMILES string of the molecule is CN(C)CCNC(=O)CN(c1cccc(Br)c1)S(=O)(=O)c1ccccc1. The maximum Gasteiger partial charge on any atom is 0.264 e. The first-order valence-corrected chi connectivity index (χ1v) is 10.3. The van der Waals surface area contributed by atoms with Crippen molar-refractivity contribution in [2.24, 2.45) is 0 Å². The van der Waals surface area contributed by atoms with E-state index in [1.165, 1.54) is 12.1 Å². The fourth-order valence-electron chi connectivity index (χ4n) is 2.27. The summed E-state index contributed by atoms with van der Waals surface area (Å²) in [6.07, 6.45) is 0. The molecule has 2 aromatic rings. The first-order valence-electron chi connectivity index (χ1n) is 8.05. The number of halogens is 1. The third-order valence-electron chi connectivity index (χ3n) is 3.60. The van der Waals surface area contributed by atoms with E-state index in [9.17, 15) is 13.2 Å². The van der Waals surface area contributed by atoms with Gasteiger partial charge in [0.25, 0.3) is 10.0 Å². The van der Waals surface area contributed by atoms with E-state index in [4.69, 9.17) is 0 Å². The molecule has 0 atom stereocenters. The standard InChI is InChI=1S/C18H22BrN3O3S/c1-21(2)12-11-20-18(23)14-22(16-8-6-7-15(19)13-16)26(24,25)17-9-4-3-5-10-17/h3-10,13H,11-12,14H2,1-2H3,(H,20,23). The van der Waals surface area contributed by atoms with Gasteiger partial charge in [0.15, 0.2) is 0 Å². The Morgan fingerprint density at radius 2 is 1.77 bits per heavy atom. The van der Waals surface area contributed by atoms with Crippen LogP contribution in [0.3, 0.4) is 0 Å². The summed E-state index contributed by atoms with van der Waals surface area (Å²) in [6, 6.07) is 15.0. The van der Waals surface area contributed by atoms with Crippen LogP contribution in [-0.2, 0) is 14.8 Å². The van der Waals surface area contributed by atoms with E-state index in [1.54, 1.807) is 42.5 Å². The van der Waals surface area contributed by atoms with Crippen LogP contribution in [0.2, 0.25) is 0 Å². The summed E-state index contributed by atoms with van der Waals surface area (Å²) in [4.78, 5) is 14.4. The first-order chi connectivity index (χ1) is 12.3. The van der Waals surface area contributed by atoms with E-state index in [1.807, 2.05) is 19.0 Å². The van der Waals surface area contributed by atoms with Gasteiger partial charge in [0.2, 0.25) is 5.91 Å². The predicted molar refractivity (Wildman–Crippen MR) is 107 cm³/mol. The second-order valence-electron chi connectivity index (χ2n) is 5.96. The van der Waals surface area contributed by atoms with Crippen molar-refractivity contribution in [3.63, 3.8) is 0 Å². The summed E-state index contributed by atoms with van der Waals surface area (Å²) < 4.78 is 28.0. The summed E-state index contributed by atoms with van der Waals surface area (Å²) in [6.45, 7) is 0.832. The number of benzene rings is 2. The maximum absolute atomic E-state index is 13.1. The van der Waals surface area contributed by atoms with Crippen LogP contribution in [0.5, 0.6) is 0 Å². The molecule has 0 spiro atoms. The lowest BCUT2D eigenvalue weighted by Gasteiger charge is -2.24. The number of carbonyl (C=O) groups excluding carboxylic acids is 1. The molecule has 0 radical (unpaired) electrons. The lowest BCUT2D eigenvalue weighted by molar-refractivity contribution is -0.119. The molecule has 0 aromatic heterocycles. The molecule has 2 rings (SSSR count). The molecule has 6 nitrogen and oxygen atoms in total. The van der Waals surface area contributed by atoms with Crippen molar-refractivity contribution in [2.45, 2.75) is 4.90 Å². The number of hydrogen-bond acceptors (Lipinski definition) is 4. The molecule has 0 aliphatic carbocycles. The highest BCUT2D eigenvalue weighted by molar-refractivity contribution is 9.10. The molecule has 0 heterocycles. The van der Waals surface area contributed by atoms with Gasteiger partial charge in [-0.1, -0.05) is 40.2 Å². The molecule has 1 N–H and O–H groups in total. The minimum atomic E-state index is -3.87. The summed E-state index contributed by atoms with van der Waals surface area (Å²) in [7, 11) is -0.0609. The topological polar surface area (TPSA) is 69.7 Å². The van der Waals surface area contributed by atoms with Gasteiger partial charge in [-0.25, -0.2) is 8.42 Å². The van der Waals surface area contributed by atoms with Crippen LogP contribution < -0.4 is 9.62 Å². The number of amides is 1. The van der Waals surface area contributed by atoms with Crippen LogP contribution in [0.25, 0.3) is 0 Å². The van der Waals surface area contributed by atoms with Gasteiger partial charge < -0.3 is 10.2 Å². The second-order valence-corrected chi connectivity index (χ2v) is 8.74. The Hall–Kier alpha value is -1.90. The molecule has 140 valence electrons. The van der Waals surface area contributed by atoms with E-state index in [0.717, 1.165) is 8.78 Å². The zero-order chi connectivity index (χ0) is 19.2. The second kappa shape index (κ2) is 9.16. The summed E-state index contributed by atoms with van der Waals surface area (Å²) in [5, 5.41) is 2.75. The highest BCUT2D eigenvalue weighted by atomic mass is 79.9. The molecule has 0 bridgehead atoms. The average Bonchev–Trinajstić information content (AvgIpc) is 2.60. The molecular formula is C18H22BrN3O3S. The number of anilines is 1. The maximum atomic E-state index is 13.1. The largest absolute Gasteiger partial charge is 0.353 e. The molecule has 0 saturated carbocycles. The Morgan fingerprint density at radius 1 is 1.08 bits per heavy atom. The zero-order valence-corrected chi connectivity index (χ0v) is 17.1. The average molecular weight is 440 g/mol. The highest BCUT2D eigenvalue weighted by Crippen LogP contribution is 2.26. The highest BCUT2D eigenvalue weighted by Gasteiger charge is 2.27. The van der Waals surface area contributed by atoms with Gasteiger partial charge in [-0.3, -0.25) is 9.10 Å². The molecule has 0 aliphatic rings. The number of nitrogens with zero attached hydrogens (tertiary/aromatic N) is 2. The molecule has 0 aliphatic heterocycles. The van der Waals surface area contributed by atoms with E-state index in [0.29, 0.717) is 18.8 Å². The van der Waals surface area contributed by atoms with E-state index < -0.39 is 10.0 Å². The minimum Gasteiger partial charge on any atom is -0.353 e. The minimum absolute atomic E-state index is 0.140. The van der Waals surface area contributed by atoms with Gasteiger partial charge >= 0.3 is 0 Å². The van der Waals surface area contributed by atoms with Crippen molar-refractivity contribution in [2.75, 3.05) is 38.0 Å². The Morgan fingerprint density at radius 3 is 2.38 bits per heavy atom. The van der Waals surface area contributed by atoms with Crippen molar-refractivity contribution in [1.82, 2.24) is 10.2 Å². The van der Waals surface area contributed by atoms with Crippen LogP contribution in [0.4, 0.5) is 5.69 Å². The monoisotopic (exact) mass is 439 g/mol. The summed E-state index contributed by atoms with van der Waals surface area (Å²) in [5.74, 6) is -0.355. The quantitative estimate of drug-likeness (QED) is 0.684. The smallest absolute Gasteiger partial charge is 0.264 e. The molecule has 0 saturated heterocycles. The van der Waals surface area contributed by atoms with Crippen molar-refractivity contribution in [3.05, 3.63) is 59.1 Å². The molecule has 1 amide bonds. The van der Waals surface area contributed by atoms with Gasteiger partial charge in [-0.15, -0.1) is 0 Å². The van der Waals surface area contributed by atoms with Gasteiger partial charge in [-0.2, -0.15) is 0 Å². The molecule has 2 aromatic carbocycles. The van der Waals surface area contributed by atoms with E-state index >= 15 is 0 Å². The fourth-order valence-corrected chi connectivity index (χ4v) is 4.09. The zero-order valence-electron chi connectivity index (χ0n) is 14.7. The summed E-state index contributed by atoms with van der Waals surface area (Å²) in [5.41, 5.74) is 0.422. The first kappa shape index (κ1) is 20.4. The van der Waals surface area contributed by atoms with Crippen molar-refractivity contribution < 1.29 is 13.2 Å². The lowest BCUT2D eigenvalue weighted by Crippen LogP contribution is -2.42. The molecule has 8 heteroatoms. The Bertz CT molecular complexity index is 842. The van der Waals surface area contributed by atoms with E-state index in [-0.39, 0.29) is 17.3 Å². The van der Waals surface area contributed by atoms with Crippen molar-refractivity contribution in [3.8, 4) is 0 Å². The number of rotatable bonds is 8. The van der Waals surface area contributed by atoms with Crippen LogP contribution in [0, 0.1) is 0 Å². The van der Waals surface area contributed by atoms with Gasteiger partial charge in [-0.05, 0) is 44.4 Å². The third kappa shape index (κ3) is 5.55. The van der Waals surface area contributed by atoms with Crippen LogP contribution in [0.15, 0.2) is 64.0 Å². The number of sulfonamides is 1. The molecule has 0 fully saturated rings. The normalized spacial score (nSPS) is 11.4. The Kier molecular flexibility index (Phi) is 7.19. The number of nitrogens with one attached hydrogen (secondary N) is 1. The Labute approximate surface area is 163 Å². The lowest BCUT2D eigenvalue weighted by atomic mass is 10.3. The molecular weight excluding hydrogens is 418 g/mol. The summed E-state index contributed by atoms with van der Waals surface area (Å²) >= 11 is 3.35. The fraction of sp³-hybridized carbons (Fsp3) is 0.278.